The molecular formula is C19H23BrN2O3S2. The first-order valence-electron chi connectivity index (χ1n) is 9.05. The maximum absolute atomic E-state index is 12.6. The van der Waals surface area contributed by atoms with E-state index in [0.29, 0.717) is 37.4 Å². The average Bonchev–Trinajstić information content (AvgIpc) is 3.11. The fourth-order valence-corrected chi connectivity index (χ4v) is 6.00. The van der Waals surface area contributed by atoms with E-state index >= 15 is 0 Å². The van der Waals surface area contributed by atoms with E-state index in [2.05, 4.69) is 21.2 Å². The summed E-state index contributed by atoms with van der Waals surface area (Å²) in [6, 6.07) is 10.9. The van der Waals surface area contributed by atoms with Crippen LogP contribution in [0.5, 0.6) is 0 Å². The SMILES string of the molecule is O=C(CCc1ccc(S(=O)(=O)N2CCCCC2)cc1)NCc1ccc(Br)s1. The van der Waals surface area contributed by atoms with Crippen molar-refractivity contribution in [2.24, 2.45) is 0 Å². The summed E-state index contributed by atoms with van der Waals surface area (Å²) in [5.41, 5.74) is 0.960. The first kappa shape index (κ1) is 20.5. The second kappa shape index (κ2) is 9.32. The lowest BCUT2D eigenvalue weighted by atomic mass is 10.1. The van der Waals surface area contributed by atoms with Crippen molar-refractivity contribution in [1.29, 1.82) is 0 Å². The number of nitrogens with zero attached hydrogens (tertiary/aromatic N) is 1. The first-order chi connectivity index (χ1) is 12.9. The Labute approximate surface area is 173 Å². The molecule has 1 fully saturated rings. The van der Waals surface area contributed by atoms with Crippen molar-refractivity contribution in [2.75, 3.05) is 13.1 Å². The highest BCUT2D eigenvalue weighted by Gasteiger charge is 2.25. The van der Waals surface area contributed by atoms with Crippen LogP contribution in [0, 0.1) is 0 Å². The molecule has 0 bridgehead atoms. The highest BCUT2D eigenvalue weighted by Crippen LogP contribution is 2.22. The molecule has 0 aliphatic carbocycles. The number of sulfonamides is 1. The number of hydrogen-bond donors (Lipinski definition) is 1. The Morgan fingerprint density at radius 2 is 1.78 bits per heavy atom. The molecule has 146 valence electrons. The zero-order valence-corrected chi connectivity index (χ0v) is 18.2. The van der Waals surface area contributed by atoms with E-state index in [0.717, 1.165) is 33.5 Å². The van der Waals surface area contributed by atoms with Crippen molar-refractivity contribution in [3.05, 3.63) is 50.6 Å². The van der Waals surface area contributed by atoms with Crippen molar-refractivity contribution in [2.45, 2.75) is 43.5 Å². The summed E-state index contributed by atoms with van der Waals surface area (Å²) in [5.74, 6) is -0.00969. The molecule has 8 heteroatoms. The predicted molar refractivity (Wildman–Crippen MR) is 111 cm³/mol. The van der Waals surface area contributed by atoms with Gasteiger partial charge in [-0.2, -0.15) is 4.31 Å². The first-order valence-corrected chi connectivity index (χ1v) is 12.1. The standard InChI is InChI=1S/C19H23BrN2O3S2/c20-18-10-7-16(26-18)14-21-19(23)11-6-15-4-8-17(9-5-15)27(24,25)22-12-2-1-3-13-22/h4-5,7-10H,1-3,6,11-14H2,(H,21,23). The Hall–Kier alpha value is -1.22. The number of piperidine rings is 1. The fourth-order valence-electron chi connectivity index (χ4n) is 3.06. The second-order valence-corrected chi connectivity index (χ2v) is 11.1. The normalized spacial score (nSPS) is 15.6. The van der Waals surface area contributed by atoms with Gasteiger partial charge < -0.3 is 5.32 Å². The Morgan fingerprint density at radius 1 is 1.07 bits per heavy atom. The van der Waals surface area contributed by atoms with E-state index in [9.17, 15) is 13.2 Å². The molecule has 1 aromatic carbocycles. The maximum Gasteiger partial charge on any atom is 0.243 e. The van der Waals surface area contributed by atoms with Gasteiger partial charge in [-0.1, -0.05) is 18.6 Å². The molecule has 2 heterocycles. The number of thiophene rings is 1. The summed E-state index contributed by atoms with van der Waals surface area (Å²) in [7, 11) is -3.40. The zero-order valence-electron chi connectivity index (χ0n) is 15.0. The minimum absolute atomic E-state index is 0.00969. The summed E-state index contributed by atoms with van der Waals surface area (Å²) in [6.45, 7) is 1.73. The molecule has 0 spiro atoms. The molecule has 27 heavy (non-hydrogen) atoms. The number of carbonyl (C=O) groups excluding carboxylic acids is 1. The van der Waals surface area contributed by atoms with Gasteiger partial charge in [0.25, 0.3) is 0 Å². The third-order valence-electron chi connectivity index (χ3n) is 4.61. The van der Waals surface area contributed by atoms with Crippen molar-refractivity contribution >= 4 is 43.2 Å². The molecule has 1 saturated heterocycles. The molecular weight excluding hydrogens is 448 g/mol. The third-order valence-corrected chi connectivity index (χ3v) is 8.14. The average molecular weight is 471 g/mol. The molecule has 1 N–H and O–H groups in total. The lowest BCUT2D eigenvalue weighted by Crippen LogP contribution is -2.35. The summed E-state index contributed by atoms with van der Waals surface area (Å²) >= 11 is 5.01. The minimum atomic E-state index is -3.40. The molecule has 0 atom stereocenters. The topological polar surface area (TPSA) is 66.5 Å². The molecule has 1 aliphatic heterocycles. The number of rotatable bonds is 7. The zero-order chi connectivity index (χ0) is 19.3. The molecule has 1 aromatic heterocycles. The van der Waals surface area contributed by atoms with Gasteiger partial charge in [0.1, 0.15) is 0 Å². The largest absolute Gasteiger partial charge is 0.351 e. The van der Waals surface area contributed by atoms with Gasteiger partial charge in [-0.15, -0.1) is 11.3 Å². The van der Waals surface area contributed by atoms with E-state index in [-0.39, 0.29) is 5.91 Å². The molecule has 0 radical (unpaired) electrons. The van der Waals surface area contributed by atoms with Crippen LogP contribution in [0.3, 0.4) is 0 Å². The Balaban J connectivity index is 1.50. The molecule has 1 amide bonds. The number of hydrogen-bond acceptors (Lipinski definition) is 4. The van der Waals surface area contributed by atoms with Crippen molar-refractivity contribution in [1.82, 2.24) is 9.62 Å². The van der Waals surface area contributed by atoms with Crippen LogP contribution in [0.2, 0.25) is 0 Å². The van der Waals surface area contributed by atoms with Crippen LogP contribution < -0.4 is 5.32 Å². The van der Waals surface area contributed by atoms with Crippen LogP contribution in [0.4, 0.5) is 0 Å². The van der Waals surface area contributed by atoms with Gasteiger partial charge in [0, 0.05) is 24.4 Å². The van der Waals surface area contributed by atoms with Gasteiger partial charge in [0.05, 0.1) is 15.2 Å². The molecule has 0 unspecified atom stereocenters. The number of carbonyl (C=O) groups is 1. The highest BCUT2D eigenvalue weighted by atomic mass is 79.9. The maximum atomic E-state index is 12.6. The van der Waals surface area contributed by atoms with Crippen LogP contribution in [0.25, 0.3) is 0 Å². The van der Waals surface area contributed by atoms with E-state index in [1.165, 1.54) is 0 Å². The summed E-state index contributed by atoms with van der Waals surface area (Å²) in [4.78, 5) is 13.4. The van der Waals surface area contributed by atoms with Crippen molar-refractivity contribution < 1.29 is 13.2 Å². The summed E-state index contributed by atoms with van der Waals surface area (Å²) in [5, 5.41) is 2.91. The molecule has 0 saturated carbocycles. The van der Waals surface area contributed by atoms with Crippen LogP contribution in [0.1, 0.15) is 36.1 Å². The van der Waals surface area contributed by atoms with Crippen LogP contribution in [-0.4, -0.2) is 31.7 Å². The van der Waals surface area contributed by atoms with Gasteiger partial charge in [-0.05, 0) is 65.0 Å². The van der Waals surface area contributed by atoms with Gasteiger partial charge in [-0.3, -0.25) is 4.79 Å². The monoisotopic (exact) mass is 470 g/mol. The highest BCUT2D eigenvalue weighted by molar-refractivity contribution is 9.11. The quantitative estimate of drug-likeness (QED) is 0.666. The van der Waals surface area contributed by atoms with E-state index in [1.54, 1.807) is 39.9 Å². The number of benzene rings is 1. The number of amides is 1. The number of nitrogens with one attached hydrogen (secondary N) is 1. The third kappa shape index (κ3) is 5.63. The van der Waals surface area contributed by atoms with Crippen LogP contribution in [0.15, 0.2) is 45.1 Å². The Morgan fingerprint density at radius 3 is 2.41 bits per heavy atom. The number of halogens is 1. The van der Waals surface area contributed by atoms with Crippen molar-refractivity contribution in [3.8, 4) is 0 Å². The van der Waals surface area contributed by atoms with Gasteiger partial charge in [-0.25, -0.2) is 8.42 Å². The Kier molecular flexibility index (Phi) is 7.08. The van der Waals surface area contributed by atoms with Crippen LogP contribution in [-0.2, 0) is 27.8 Å². The van der Waals surface area contributed by atoms with E-state index in [4.69, 9.17) is 0 Å². The van der Waals surface area contributed by atoms with Gasteiger partial charge in [0.15, 0.2) is 0 Å². The van der Waals surface area contributed by atoms with Gasteiger partial charge >= 0.3 is 0 Å². The fraction of sp³-hybridized carbons (Fsp3) is 0.421. The van der Waals surface area contributed by atoms with E-state index < -0.39 is 10.0 Å². The Bertz CT molecular complexity index is 873. The van der Waals surface area contributed by atoms with E-state index in [1.807, 2.05) is 12.1 Å². The molecule has 5 nitrogen and oxygen atoms in total. The molecule has 1 aliphatic rings. The lowest BCUT2D eigenvalue weighted by Gasteiger charge is -2.25. The predicted octanol–water partition coefficient (Wildman–Crippen LogP) is 3.93. The lowest BCUT2D eigenvalue weighted by molar-refractivity contribution is -0.121. The smallest absolute Gasteiger partial charge is 0.243 e. The van der Waals surface area contributed by atoms with Gasteiger partial charge in [0.2, 0.25) is 15.9 Å². The van der Waals surface area contributed by atoms with Crippen molar-refractivity contribution in [3.63, 3.8) is 0 Å². The summed E-state index contributed by atoms with van der Waals surface area (Å²) < 4.78 is 27.9. The molecule has 2 aromatic rings. The van der Waals surface area contributed by atoms with Crippen LogP contribution >= 0.6 is 27.3 Å². The summed E-state index contributed by atoms with van der Waals surface area (Å²) in [6.07, 6.45) is 3.91. The minimum Gasteiger partial charge on any atom is -0.351 e. The molecule has 3 rings (SSSR count). The second-order valence-electron chi connectivity index (χ2n) is 6.59. The number of aryl methyl sites for hydroxylation is 1.